The Hall–Kier alpha value is -2.99. The van der Waals surface area contributed by atoms with Crippen LogP contribution in [0, 0.1) is 5.92 Å². The van der Waals surface area contributed by atoms with E-state index >= 15 is 0 Å². The molecule has 2 atom stereocenters. The lowest BCUT2D eigenvalue weighted by Gasteiger charge is -2.31. The zero-order chi connectivity index (χ0) is 21.7. The molecule has 1 amide bonds. The van der Waals surface area contributed by atoms with Crippen molar-refractivity contribution in [3.05, 3.63) is 87.5 Å². The van der Waals surface area contributed by atoms with Crippen molar-refractivity contribution < 1.29 is 14.7 Å². The summed E-state index contributed by atoms with van der Waals surface area (Å²) in [5.74, 6) is -2.82. The Morgan fingerprint density at radius 1 is 1.13 bits per heavy atom. The van der Waals surface area contributed by atoms with Crippen LogP contribution in [0.15, 0.2) is 81.4 Å². The maximum Gasteiger partial charge on any atom is 0.313 e. The number of carbonyl (C=O) groups is 2. The zero-order valence-electron chi connectivity index (χ0n) is 16.8. The van der Waals surface area contributed by atoms with E-state index in [4.69, 9.17) is 0 Å². The Labute approximate surface area is 184 Å². The molecular weight excluding hydrogens is 444 g/mol. The van der Waals surface area contributed by atoms with Gasteiger partial charge in [0.05, 0.1) is 0 Å². The molecule has 1 aliphatic heterocycles. The number of nitrogens with one attached hydrogen (secondary N) is 1. The van der Waals surface area contributed by atoms with Crippen LogP contribution in [-0.4, -0.2) is 29.2 Å². The summed E-state index contributed by atoms with van der Waals surface area (Å²) in [6.45, 7) is 3.78. The highest BCUT2D eigenvalue weighted by atomic mass is 79.9. The fourth-order valence-electron chi connectivity index (χ4n) is 3.72. The Balaban J connectivity index is 1.88. The van der Waals surface area contributed by atoms with Crippen molar-refractivity contribution in [3.63, 3.8) is 0 Å². The van der Waals surface area contributed by atoms with Crippen LogP contribution in [0.25, 0.3) is 6.08 Å². The zero-order valence-corrected chi connectivity index (χ0v) is 18.4. The molecule has 0 saturated carbocycles. The smallest absolute Gasteiger partial charge is 0.313 e. The highest BCUT2D eigenvalue weighted by Gasteiger charge is 2.40. The molecule has 154 valence electrons. The monoisotopic (exact) mass is 466 g/mol. The lowest BCUT2D eigenvalue weighted by atomic mass is 9.75. The maximum atomic E-state index is 13.1. The third-order valence-corrected chi connectivity index (χ3v) is 5.53. The fourth-order valence-corrected chi connectivity index (χ4v) is 4.14. The van der Waals surface area contributed by atoms with Gasteiger partial charge in [-0.2, -0.15) is 0 Å². The summed E-state index contributed by atoms with van der Waals surface area (Å²) >= 11 is 3.44. The normalized spacial score (nSPS) is 19.0. The summed E-state index contributed by atoms with van der Waals surface area (Å²) in [6, 6.07) is 17.2. The summed E-state index contributed by atoms with van der Waals surface area (Å²) in [5, 5.41) is 12.8. The molecule has 0 bridgehead atoms. The molecule has 6 heteroatoms. The molecule has 2 aromatic rings. The van der Waals surface area contributed by atoms with Gasteiger partial charge in [-0.25, -0.2) is 0 Å². The molecule has 0 saturated heterocycles. The highest BCUT2D eigenvalue weighted by molar-refractivity contribution is 9.10. The van der Waals surface area contributed by atoms with Gasteiger partial charge in [-0.15, -0.1) is 0 Å². The Bertz CT molecular complexity index is 1040. The minimum absolute atomic E-state index is 0.308. The quantitative estimate of drug-likeness (QED) is 0.640. The van der Waals surface area contributed by atoms with Gasteiger partial charge in [0.2, 0.25) is 5.91 Å². The van der Waals surface area contributed by atoms with Gasteiger partial charge < -0.3 is 10.4 Å². The van der Waals surface area contributed by atoms with Crippen molar-refractivity contribution in [1.82, 2.24) is 5.32 Å². The minimum Gasteiger partial charge on any atom is -0.481 e. The van der Waals surface area contributed by atoms with Gasteiger partial charge in [-0.3, -0.25) is 14.6 Å². The van der Waals surface area contributed by atoms with E-state index in [2.05, 4.69) is 26.2 Å². The largest absolute Gasteiger partial charge is 0.481 e. The number of halogens is 1. The number of carbonyl (C=O) groups excluding carboxylic acids is 1. The molecule has 0 radical (unpaired) electrons. The van der Waals surface area contributed by atoms with Gasteiger partial charge in [-0.05, 0) is 37.1 Å². The standard InChI is InChI=1S/C24H23BrN2O3/c1-15-20(23(28)26-13-7-10-17-8-4-3-5-9-17)22(18-11-6-12-19(25)14-18)21(24(29)30)16(2)27-15/h3-12,14,21-22H,13H2,1-2H3,(H,26,28)(H,29,30). The fraction of sp³-hybridized carbons (Fsp3) is 0.208. The maximum absolute atomic E-state index is 13.1. The van der Waals surface area contributed by atoms with Gasteiger partial charge in [0.25, 0.3) is 0 Å². The summed E-state index contributed by atoms with van der Waals surface area (Å²) in [6.07, 6.45) is 3.79. The first-order valence-corrected chi connectivity index (χ1v) is 10.4. The summed E-state index contributed by atoms with van der Waals surface area (Å²) in [7, 11) is 0. The lowest BCUT2D eigenvalue weighted by Crippen LogP contribution is -2.38. The number of nitrogens with zero attached hydrogens (tertiary/aromatic N) is 1. The van der Waals surface area contributed by atoms with Gasteiger partial charge in [0.1, 0.15) is 5.92 Å². The van der Waals surface area contributed by atoms with E-state index in [1.54, 1.807) is 13.8 Å². The number of benzene rings is 2. The van der Waals surface area contributed by atoms with E-state index in [9.17, 15) is 14.7 Å². The molecule has 0 aliphatic carbocycles. The second-order valence-corrected chi connectivity index (χ2v) is 8.04. The van der Waals surface area contributed by atoms with Gasteiger partial charge in [0.15, 0.2) is 0 Å². The molecular formula is C24H23BrN2O3. The van der Waals surface area contributed by atoms with Crippen LogP contribution in [-0.2, 0) is 9.59 Å². The van der Waals surface area contributed by atoms with E-state index in [1.165, 1.54) is 0 Å². The molecule has 1 aliphatic rings. The molecule has 2 aromatic carbocycles. The summed E-state index contributed by atoms with van der Waals surface area (Å²) in [4.78, 5) is 29.5. The van der Waals surface area contributed by atoms with E-state index in [1.807, 2.05) is 66.7 Å². The molecule has 0 fully saturated rings. The van der Waals surface area contributed by atoms with Crippen molar-refractivity contribution in [3.8, 4) is 0 Å². The van der Waals surface area contributed by atoms with Crippen LogP contribution >= 0.6 is 15.9 Å². The number of hydrogen-bond donors (Lipinski definition) is 2. The minimum atomic E-state index is -0.997. The first-order chi connectivity index (χ1) is 14.4. The SMILES string of the molecule is CC1=NC(C)=C(C(=O)NCC=Cc2ccccc2)C(c2cccc(Br)c2)C1C(=O)O. The molecule has 1 heterocycles. The van der Waals surface area contributed by atoms with Crippen molar-refractivity contribution in [2.75, 3.05) is 6.54 Å². The third-order valence-electron chi connectivity index (χ3n) is 5.04. The van der Waals surface area contributed by atoms with E-state index < -0.39 is 17.8 Å². The van der Waals surface area contributed by atoms with Crippen LogP contribution in [0.5, 0.6) is 0 Å². The van der Waals surface area contributed by atoms with Crippen LogP contribution in [0.4, 0.5) is 0 Å². The topological polar surface area (TPSA) is 78.8 Å². The predicted octanol–water partition coefficient (Wildman–Crippen LogP) is 4.81. The van der Waals surface area contributed by atoms with E-state index in [0.29, 0.717) is 23.5 Å². The third kappa shape index (κ3) is 4.94. The molecule has 30 heavy (non-hydrogen) atoms. The van der Waals surface area contributed by atoms with Crippen LogP contribution < -0.4 is 5.32 Å². The first-order valence-electron chi connectivity index (χ1n) is 9.62. The Morgan fingerprint density at radius 2 is 1.87 bits per heavy atom. The van der Waals surface area contributed by atoms with Gasteiger partial charge in [-0.1, -0.05) is 70.5 Å². The second kappa shape index (κ2) is 9.67. The average Bonchev–Trinajstić information content (AvgIpc) is 2.71. The van der Waals surface area contributed by atoms with Gasteiger partial charge >= 0.3 is 5.97 Å². The van der Waals surface area contributed by atoms with Crippen molar-refractivity contribution >= 4 is 39.6 Å². The Morgan fingerprint density at radius 3 is 2.53 bits per heavy atom. The molecule has 0 aromatic heterocycles. The number of amides is 1. The highest BCUT2D eigenvalue weighted by Crippen LogP contribution is 2.39. The Kier molecular flexibility index (Phi) is 7.00. The average molecular weight is 467 g/mol. The molecule has 5 nitrogen and oxygen atoms in total. The van der Waals surface area contributed by atoms with Crippen LogP contribution in [0.3, 0.4) is 0 Å². The van der Waals surface area contributed by atoms with Crippen LogP contribution in [0.1, 0.15) is 30.9 Å². The van der Waals surface area contributed by atoms with Crippen molar-refractivity contribution in [1.29, 1.82) is 0 Å². The number of rotatable bonds is 6. The van der Waals surface area contributed by atoms with Gasteiger partial charge in [0, 0.05) is 33.9 Å². The molecule has 0 spiro atoms. The number of carboxylic acid groups (broad SMARTS) is 1. The summed E-state index contributed by atoms with van der Waals surface area (Å²) < 4.78 is 0.826. The lowest BCUT2D eigenvalue weighted by molar-refractivity contribution is -0.139. The summed E-state index contributed by atoms with van der Waals surface area (Å²) in [5.41, 5.74) is 3.22. The molecule has 2 N–H and O–H groups in total. The number of aliphatic imine (C=N–C) groups is 1. The first kappa shape index (κ1) is 21.7. The van der Waals surface area contributed by atoms with E-state index in [-0.39, 0.29) is 5.91 Å². The number of aliphatic carboxylic acids is 1. The second-order valence-electron chi connectivity index (χ2n) is 7.12. The van der Waals surface area contributed by atoms with E-state index in [0.717, 1.165) is 15.6 Å². The number of hydrogen-bond acceptors (Lipinski definition) is 3. The number of carboxylic acids is 1. The molecule has 3 rings (SSSR count). The molecule has 2 unspecified atom stereocenters. The van der Waals surface area contributed by atoms with Crippen molar-refractivity contribution in [2.24, 2.45) is 10.9 Å². The number of allylic oxidation sites excluding steroid dienone is 1. The van der Waals surface area contributed by atoms with Crippen molar-refractivity contribution in [2.45, 2.75) is 19.8 Å². The van der Waals surface area contributed by atoms with Crippen LogP contribution in [0.2, 0.25) is 0 Å². The predicted molar refractivity (Wildman–Crippen MR) is 122 cm³/mol.